The van der Waals surface area contributed by atoms with Crippen LogP contribution in [-0.2, 0) is 11.3 Å². The summed E-state index contributed by atoms with van der Waals surface area (Å²) in [6.45, 7) is 12.6. The first-order valence-electron chi connectivity index (χ1n) is 8.01. The van der Waals surface area contributed by atoms with E-state index in [1.54, 1.807) is 6.08 Å². The van der Waals surface area contributed by atoms with Gasteiger partial charge in [0.05, 0.1) is 18.8 Å². The minimum atomic E-state index is -0.861. The minimum absolute atomic E-state index is 0.593. The highest BCUT2D eigenvalue weighted by molar-refractivity contribution is 5.14. The van der Waals surface area contributed by atoms with Gasteiger partial charge in [0.2, 0.25) is 0 Å². The van der Waals surface area contributed by atoms with Gasteiger partial charge in [-0.05, 0) is 12.5 Å². The smallest absolute Gasteiger partial charge is 0.0923 e. The first kappa shape index (κ1) is 17.2. The summed E-state index contributed by atoms with van der Waals surface area (Å²) in [6.07, 6.45) is 1.62. The van der Waals surface area contributed by atoms with E-state index in [0.717, 1.165) is 45.9 Å². The highest BCUT2D eigenvalue weighted by Gasteiger charge is 2.21. The molecule has 1 heterocycles. The number of hydrogen-bond donors (Lipinski definition) is 1. The zero-order valence-electron chi connectivity index (χ0n) is 13.6. The Morgan fingerprint density at radius 3 is 2.64 bits per heavy atom. The predicted octanol–water partition coefficient (Wildman–Crippen LogP) is 1.76. The molecule has 2 rings (SSSR count). The summed E-state index contributed by atoms with van der Waals surface area (Å²) in [7, 11) is 0. The molecule has 1 unspecified atom stereocenters. The van der Waals surface area contributed by atoms with Crippen molar-refractivity contribution in [2.45, 2.75) is 19.1 Å². The monoisotopic (exact) mass is 304 g/mol. The van der Waals surface area contributed by atoms with E-state index in [1.165, 1.54) is 5.56 Å². The molecule has 1 aliphatic heterocycles. The Morgan fingerprint density at radius 1 is 1.32 bits per heavy atom. The van der Waals surface area contributed by atoms with Gasteiger partial charge >= 0.3 is 0 Å². The van der Waals surface area contributed by atoms with Crippen molar-refractivity contribution in [1.82, 2.24) is 9.80 Å². The Morgan fingerprint density at radius 2 is 2.00 bits per heavy atom. The van der Waals surface area contributed by atoms with Crippen LogP contribution in [0.15, 0.2) is 43.0 Å². The summed E-state index contributed by atoms with van der Waals surface area (Å²) in [5, 5.41) is 10.3. The van der Waals surface area contributed by atoms with Crippen LogP contribution in [0, 0.1) is 0 Å². The number of ether oxygens (including phenoxy) is 1. The average Bonchev–Trinajstić information content (AvgIpc) is 2.54. The summed E-state index contributed by atoms with van der Waals surface area (Å²) < 4.78 is 5.39. The fourth-order valence-corrected chi connectivity index (χ4v) is 2.68. The quantitative estimate of drug-likeness (QED) is 0.743. The molecule has 0 aromatic heterocycles. The van der Waals surface area contributed by atoms with Crippen LogP contribution in [0.2, 0.25) is 0 Å². The largest absolute Gasteiger partial charge is 0.385 e. The summed E-state index contributed by atoms with van der Waals surface area (Å²) in [4.78, 5) is 4.72. The van der Waals surface area contributed by atoms with E-state index in [9.17, 15) is 5.11 Å². The third-order valence-electron chi connectivity index (χ3n) is 4.07. The molecule has 1 saturated heterocycles. The fourth-order valence-electron chi connectivity index (χ4n) is 2.68. The van der Waals surface area contributed by atoms with Gasteiger partial charge in [0.1, 0.15) is 0 Å². The zero-order chi connectivity index (χ0) is 15.8. The van der Waals surface area contributed by atoms with Crippen LogP contribution in [0.4, 0.5) is 0 Å². The van der Waals surface area contributed by atoms with Gasteiger partial charge in [-0.15, -0.1) is 6.58 Å². The minimum Gasteiger partial charge on any atom is -0.385 e. The van der Waals surface area contributed by atoms with E-state index in [1.807, 2.05) is 13.0 Å². The van der Waals surface area contributed by atoms with Crippen molar-refractivity contribution in [2.24, 2.45) is 0 Å². The van der Waals surface area contributed by atoms with Crippen LogP contribution in [-0.4, -0.2) is 66.4 Å². The summed E-state index contributed by atoms with van der Waals surface area (Å²) >= 11 is 0. The van der Waals surface area contributed by atoms with Gasteiger partial charge in [-0.25, -0.2) is 0 Å². The first-order chi connectivity index (χ1) is 10.6. The lowest BCUT2D eigenvalue weighted by molar-refractivity contribution is 0.0227. The lowest BCUT2D eigenvalue weighted by atomic mass is 10.1. The number of hydrogen-bond acceptors (Lipinski definition) is 4. The maximum Gasteiger partial charge on any atom is 0.0923 e. The van der Waals surface area contributed by atoms with Gasteiger partial charge in [0, 0.05) is 39.3 Å². The number of benzene rings is 1. The molecule has 4 heteroatoms. The maximum atomic E-state index is 10.3. The van der Waals surface area contributed by atoms with E-state index >= 15 is 0 Å². The predicted molar refractivity (Wildman–Crippen MR) is 89.8 cm³/mol. The van der Waals surface area contributed by atoms with Crippen LogP contribution in [0.1, 0.15) is 12.5 Å². The summed E-state index contributed by atoms with van der Waals surface area (Å²) in [5.74, 6) is 0. The Hall–Kier alpha value is -1.20. The topological polar surface area (TPSA) is 35.9 Å². The fraction of sp³-hybridized carbons (Fsp3) is 0.556. The van der Waals surface area contributed by atoms with Crippen molar-refractivity contribution < 1.29 is 9.84 Å². The number of nitrogens with zero attached hydrogens (tertiary/aromatic N) is 2. The first-order valence-corrected chi connectivity index (χ1v) is 8.01. The third-order valence-corrected chi connectivity index (χ3v) is 4.07. The maximum absolute atomic E-state index is 10.3. The Balaban J connectivity index is 1.92. The molecule has 0 spiro atoms. The number of aliphatic hydroxyl groups is 1. The zero-order valence-corrected chi connectivity index (χ0v) is 13.6. The van der Waals surface area contributed by atoms with E-state index in [2.05, 4.69) is 40.6 Å². The van der Waals surface area contributed by atoms with E-state index in [4.69, 9.17) is 4.74 Å². The molecule has 0 bridgehead atoms. The van der Waals surface area contributed by atoms with Gasteiger partial charge in [-0.3, -0.25) is 9.80 Å². The van der Waals surface area contributed by atoms with Crippen molar-refractivity contribution in [3.05, 3.63) is 48.6 Å². The molecule has 4 nitrogen and oxygen atoms in total. The third kappa shape index (κ3) is 5.89. The molecule has 1 aromatic carbocycles. The molecule has 0 saturated carbocycles. The second-order valence-electron chi connectivity index (χ2n) is 6.21. The molecular weight excluding hydrogens is 276 g/mol. The second-order valence-corrected chi connectivity index (χ2v) is 6.21. The van der Waals surface area contributed by atoms with Crippen LogP contribution in [0.5, 0.6) is 0 Å². The average molecular weight is 304 g/mol. The van der Waals surface area contributed by atoms with Gasteiger partial charge in [0.25, 0.3) is 0 Å². The Labute approximate surface area is 134 Å². The van der Waals surface area contributed by atoms with Gasteiger partial charge in [-0.2, -0.15) is 0 Å². The van der Waals surface area contributed by atoms with Crippen molar-refractivity contribution in [3.63, 3.8) is 0 Å². The van der Waals surface area contributed by atoms with Crippen molar-refractivity contribution >= 4 is 0 Å². The highest BCUT2D eigenvalue weighted by Crippen LogP contribution is 2.12. The SMILES string of the molecule is C=CC(C)(O)CN(CCN1CCOCC1)Cc1ccccc1. The van der Waals surface area contributed by atoms with Crippen molar-refractivity contribution in [1.29, 1.82) is 0 Å². The standard InChI is InChI=1S/C18H28N2O2/c1-3-18(2,21)16-20(15-17-7-5-4-6-8-17)10-9-19-11-13-22-14-12-19/h3-8,21H,1,9-16H2,2H3. The van der Waals surface area contributed by atoms with Crippen molar-refractivity contribution in [3.8, 4) is 0 Å². The molecule has 0 amide bonds. The van der Waals surface area contributed by atoms with Crippen LogP contribution >= 0.6 is 0 Å². The molecule has 1 aliphatic rings. The molecule has 0 radical (unpaired) electrons. The summed E-state index contributed by atoms with van der Waals surface area (Å²) in [6, 6.07) is 10.4. The van der Waals surface area contributed by atoms with Gasteiger partial charge in [-0.1, -0.05) is 36.4 Å². The van der Waals surface area contributed by atoms with E-state index in [-0.39, 0.29) is 0 Å². The number of rotatable bonds is 8. The van der Waals surface area contributed by atoms with Crippen LogP contribution < -0.4 is 0 Å². The Kier molecular flexibility index (Phi) is 6.58. The Bertz CT molecular complexity index is 442. The molecular formula is C18H28N2O2. The van der Waals surface area contributed by atoms with Crippen molar-refractivity contribution in [2.75, 3.05) is 45.9 Å². The summed E-state index contributed by atoms with van der Waals surface area (Å²) in [5.41, 5.74) is 0.407. The molecule has 1 fully saturated rings. The molecule has 1 atom stereocenters. The van der Waals surface area contributed by atoms with Gasteiger partial charge < -0.3 is 9.84 Å². The van der Waals surface area contributed by atoms with Crippen LogP contribution in [0.25, 0.3) is 0 Å². The van der Waals surface area contributed by atoms with E-state index in [0.29, 0.717) is 6.54 Å². The molecule has 1 N–H and O–H groups in total. The van der Waals surface area contributed by atoms with E-state index < -0.39 is 5.60 Å². The molecule has 1 aromatic rings. The molecule has 22 heavy (non-hydrogen) atoms. The van der Waals surface area contributed by atoms with Crippen LogP contribution in [0.3, 0.4) is 0 Å². The molecule has 0 aliphatic carbocycles. The number of morpholine rings is 1. The highest BCUT2D eigenvalue weighted by atomic mass is 16.5. The normalized spacial score (nSPS) is 19.0. The molecule has 122 valence electrons. The van der Waals surface area contributed by atoms with Gasteiger partial charge in [0.15, 0.2) is 0 Å². The second kappa shape index (κ2) is 8.44. The lowest BCUT2D eigenvalue weighted by Crippen LogP contribution is -2.45. The lowest BCUT2D eigenvalue weighted by Gasteiger charge is -2.33.